The quantitative estimate of drug-likeness (QED) is 0.492. The summed E-state index contributed by atoms with van der Waals surface area (Å²) in [4.78, 5) is 24.0. The maximum atomic E-state index is 12.8. The normalized spacial score (nSPS) is 17.2. The monoisotopic (exact) mass is 381 g/mol. The van der Waals surface area contributed by atoms with E-state index in [1.54, 1.807) is 0 Å². The summed E-state index contributed by atoms with van der Waals surface area (Å²) in [6.07, 6.45) is 2.94. The van der Waals surface area contributed by atoms with Gasteiger partial charge in [0.2, 0.25) is 0 Å². The highest BCUT2D eigenvalue weighted by atomic mass is 16.5. The summed E-state index contributed by atoms with van der Waals surface area (Å²) in [6.45, 7) is 2.71. The van der Waals surface area contributed by atoms with Crippen LogP contribution >= 0.6 is 0 Å². The minimum absolute atomic E-state index is 0.0615. The zero-order valence-corrected chi connectivity index (χ0v) is 15.8. The molecule has 1 aliphatic rings. The van der Waals surface area contributed by atoms with Crippen LogP contribution in [0.2, 0.25) is 0 Å². The van der Waals surface area contributed by atoms with Crippen LogP contribution in [0.5, 0.6) is 0 Å². The van der Waals surface area contributed by atoms with E-state index in [9.17, 15) is 19.6 Å². The standard InChI is InChI=1S/C21H24BNO5/c1-14-4-2-5-15(10-14)11-19(20-6-3-9-28-20)23-21(25)16-7-8-18(22(26)27)17(12-16)13-24/h2,4-5,7-8,10,12-13,19-20,26-27H,3,6,9,11H2,1H3,(H,23,25). The Labute approximate surface area is 164 Å². The van der Waals surface area contributed by atoms with Crippen LogP contribution in [0.25, 0.3) is 0 Å². The van der Waals surface area contributed by atoms with Gasteiger partial charge in [0.25, 0.3) is 5.91 Å². The highest BCUT2D eigenvalue weighted by Crippen LogP contribution is 2.20. The molecule has 1 saturated heterocycles. The van der Waals surface area contributed by atoms with Crippen molar-refractivity contribution in [3.63, 3.8) is 0 Å². The van der Waals surface area contributed by atoms with Crippen LogP contribution in [0.1, 0.15) is 44.7 Å². The minimum Gasteiger partial charge on any atom is -0.423 e. The van der Waals surface area contributed by atoms with Crippen LogP contribution in [-0.2, 0) is 11.2 Å². The second-order valence-electron chi connectivity index (χ2n) is 7.16. The summed E-state index contributed by atoms with van der Waals surface area (Å²) in [5.41, 5.74) is 2.72. The lowest BCUT2D eigenvalue weighted by Gasteiger charge is -2.25. The Morgan fingerprint density at radius 3 is 2.79 bits per heavy atom. The molecule has 6 nitrogen and oxygen atoms in total. The molecule has 2 aromatic rings. The molecule has 2 unspecified atom stereocenters. The van der Waals surface area contributed by atoms with E-state index < -0.39 is 7.12 Å². The van der Waals surface area contributed by atoms with E-state index in [0.29, 0.717) is 24.9 Å². The van der Waals surface area contributed by atoms with Gasteiger partial charge >= 0.3 is 7.12 Å². The van der Waals surface area contributed by atoms with Crippen molar-refractivity contribution < 1.29 is 24.4 Å². The first kappa shape index (κ1) is 20.3. The number of amides is 1. The lowest BCUT2D eigenvalue weighted by atomic mass is 9.77. The molecule has 0 spiro atoms. The van der Waals surface area contributed by atoms with E-state index in [1.165, 1.54) is 18.2 Å². The van der Waals surface area contributed by atoms with Crippen LogP contribution in [0.4, 0.5) is 0 Å². The van der Waals surface area contributed by atoms with E-state index in [-0.39, 0.29) is 29.1 Å². The van der Waals surface area contributed by atoms with E-state index in [2.05, 4.69) is 11.4 Å². The minimum atomic E-state index is -1.77. The third kappa shape index (κ3) is 4.87. The van der Waals surface area contributed by atoms with Crippen LogP contribution in [0.15, 0.2) is 42.5 Å². The van der Waals surface area contributed by atoms with Gasteiger partial charge in [-0.15, -0.1) is 0 Å². The van der Waals surface area contributed by atoms with Gasteiger partial charge in [-0.05, 0) is 49.3 Å². The predicted octanol–water partition coefficient (Wildman–Crippen LogP) is 1.01. The fourth-order valence-corrected chi connectivity index (χ4v) is 3.59. The fraction of sp³-hybridized carbons (Fsp3) is 0.333. The van der Waals surface area contributed by atoms with Gasteiger partial charge in [-0.1, -0.05) is 35.9 Å². The highest BCUT2D eigenvalue weighted by Gasteiger charge is 2.28. The van der Waals surface area contributed by atoms with Crippen LogP contribution in [0.3, 0.4) is 0 Å². The lowest BCUT2D eigenvalue weighted by Crippen LogP contribution is -2.45. The Morgan fingerprint density at radius 2 is 2.14 bits per heavy atom. The Hall–Kier alpha value is -2.48. The van der Waals surface area contributed by atoms with Crippen molar-refractivity contribution >= 4 is 24.8 Å². The Bertz CT molecular complexity index is 848. The Morgan fingerprint density at radius 1 is 1.32 bits per heavy atom. The Balaban J connectivity index is 1.80. The number of aryl methyl sites for hydroxylation is 1. The molecule has 3 N–H and O–H groups in total. The van der Waals surface area contributed by atoms with Gasteiger partial charge in [0.1, 0.15) is 6.29 Å². The zero-order valence-electron chi connectivity index (χ0n) is 15.8. The first-order valence-corrected chi connectivity index (χ1v) is 9.41. The lowest BCUT2D eigenvalue weighted by molar-refractivity contribution is 0.0674. The van der Waals surface area contributed by atoms with E-state index in [0.717, 1.165) is 24.0 Å². The van der Waals surface area contributed by atoms with Gasteiger partial charge in [-0.25, -0.2) is 0 Å². The number of benzene rings is 2. The van der Waals surface area contributed by atoms with Gasteiger partial charge < -0.3 is 20.1 Å². The maximum Gasteiger partial charge on any atom is 0.489 e. The maximum absolute atomic E-state index is 12.8. The predicted molar refractivity (Wildman–Crippen MR) is 107 cm³/mol. The average Bonchev–Trinajstić information content (AvgIpc) is 3.21. The summed E-state index contributed by atoms with van der Waals surface area (Å²) in [7, 11) is -1.77. The number of carbonyl (C=O) groups excluding carboxylic acids is 2. The molecule has 0 aromatic heterocycles. The molecule has 28 heavy (non-hydrogen) atoms. The molecule has 0 saturated carbocycles. The van der Waals surface area contributed by atoms with Gasteiger partial charge in [-0.2, -0.15) is 0 Å². The number of ether oxygens (including phenoxy) is 1. The van der Waals surface area contributed by atoms with Crippen molar-refractivity contribution in [1.29, 1.82) is 0 Å². The van der Waals surface area contributed by atoms with Gasteiger partial charge in [0.05, 0.1) is 12.1 Å². The fourth-order valence-electron chi connectivity index (χ4n) is 3.59. The van der Waals surface area contributed by atoms with Crippen LogP contribution < -0.4 is 10.8 Å². The smallest absolute Gasteiger partial charge is 0.423 e. The largest absolute Gasteiger partial charge is 0.489 e. The molecule has 1 heterocycles. The van der Waals surface area contributed by atoms with Crippen molar-refractivity contribution in [2.75, 3.05) is 6.61 Å². The second-order valence-corrected chi connectivity index (χ2v) is 7.16. The number of hydrogen-bond acceptors (Lipinski definition) is 5. The highest BCUT2D eigenvalue weighted by molar-refractivity contribution is 6.60. The molecule has 1 aliphatic heterocycles. The average molecular weight is 381 g/mol. The molecule has 1 amide bonds. The van der Waals surface area contributed by atoms with Crippen molar-refractivity contribution in [3.8, 4) is 0 Å². The molecule has 1 fully saturated rings. The molecule has 3 rings (SSSR count). The second kappa shape index (κ2) is 9.14. The zero-order chi connectivity index (χ0) is 20.1. The summed E-state index contributed by atoms with van der Waals surface area (Å²) in [5.74, 6) is -0.324. The molecule has 146 valence electrons. The first-order chi connectivity index (χ1) is 13.5. The summed E-state index contributed by atoms with van der Waals surface area (Å²) in [6, 6.07) is 12.2. The van der Waals surface area contributed by atoms with Crippen LogP contribution in [-0.4, -0.2) is 48.1 Å². The molecule has 0 aliphatic carbocycles. The SMILES string of the molecule is Cc1cccc(CC(NC(=O)c2ccc(B(O)O)c(C=O)c2)C2CCCO2)c1. The molecule has 2 atom stereocenters. The van der Waals surface area contributed by atoms with E-state index in [1.807, 2.05) is 25.1 Å². The van der Waals surface area contributed by atoms with E-state index in [4.69, 9.17) is 4.74 Å². The number of aldehydes is 1. The third-order valence-corrected chi connectivity index (χ3v) is 5.02. The number of nitrogens with one attached hydrogen (secondary N) is 1. The number of rotatable bonds is 7. The van der Waals surface area contributed by atoms with Crippen molar-refractivity contribution in [1.82, 2.24) is 5.32 Å². The molecular formula is C21H24BNO5. The van der Waals surface area contributed by atoms with Gasteiger partial charge in [0, 0.05) is 17.7 Å². The number of hydrogen-bond donors (Lipinski definition) is 3. The first-order valence-electron chi connectivity index (χ1n) is 9.41. The van der Waals surface area contributed by atoms with Gasteiger partial charge in [-0.3, -0.25) is 9.59 Å². The summed E-state index contributed by atoms with van der Waals surface area (Å²) >= 11 is 0. The summed E-state index contributed by atoms with van der Waals surface area (Å²) < 4.78 is 5.81. The molecule has 7 heteroatoms. The molecule has 0 radical (unpaired) electrons. The molecule has 0 bridgehead atoms. The van der Waals surface area contributed by atoms with Crippen molar-refractivity contribution in [3.05, 3.63) is 64.7 Å². The molecular weight excluding hydrogens is 357 g/mol. The van der Waals surface area contributed by atoms with E-state index >= 15 is 0 Å². The third-order valence-electron chi connectivity index (χ3n) is 5.02. The van der Waals surface area contributed by atoms with Crippen molar-refractivity contribution in [2.24, 2.45) is 0 Å². The number of carbonyl (C=O) groups is 2. The summed E-state index contributed by atoms with van der Waals surface area (Å²) in [5, 5.41) is 21.7. The van der Waals surface area contributed by atoms with Crippen molar-refractivity contribution in [2.45, 2.75) is 38.3 Å². The van der Waals surface area contributed by atoms with Crippen LogP contribution in [0, 0.1) is 6.92 Å². The topological polar surface area (TPSA) is 95.9 Å². The molecule has 2 aromatic carbocycles. The van der Waals surface area contributed by atoms with Gasteiger partial charge in [0.15, 0.2) is 0 Å². The Kier molecular flexibility index (Phi) is 6.62.